The third-order valence-electron chi connectivity index (χ3n) is 6.80. The molecule has 1 saturated carbocycles. The van der Waals surface area contributed by atoms with E-state index in [0.29, 0.717) is 42.7 Å². The molecule has 0 aromatic heterocycles. The van der Waals surface area contributed by atoms with Crippen molar-refractivity contribution in [3.05, 3.63) is 0 Å². The normalized spacial score (nSPS) is 34.1. The summed E-state index contributed by atoms with van der Waals surface area (Å²) in [5.41, 5.74) is 0. The molecule has 5 atom stereocenters. The molecule has 34 heavy (non-hydrogen) atoms. The van der Waals surface area contributed by atoms with Crippen molar-refractivity contribution in [2.24, 2.45) is 0 Å². The first-order valence-corrected chi connectivity index (χ1v) is 13.7. The van der Waals surface area contributed by atoms with E-state index in [1.165, 1.54) is 19.3 Å². The van der Waals surface area contributed by atoms with Crippen molar-refractivity contribution in [2.45, 2.75) is 107 Å². The third-order valence-corrected chi connectivity index (χ3v) is 6.80. The van der Waals surface area contributed by atoms with Crippen molar-refractivity contribution in [3.8, 4) is 0 Å². The van der Waals surface area contributed by atoms with Crippen LogP contribution in [-0.4, -0.2) is 102 Å². The predicted molar refractivity (Wildman–Crippen MR) is 126 cm³/mol. The molecule has 0 N–H and O–H groups in total. The Morgan fingerprint density at radius 2 is 1.15 bits per heavy atom. The number of hydrogen-bond donors (Lipinski definition) is 0. The number of rotatable bonds is 18. The summed E-state index contributed by atoms with van der Waals surface area (Å²) in [5, 5.41) is 0. The smallest absolute Gasteiger partial charge is 0.104 e. The van der Waals surface area contributed by atoms with Crippen molar-refractivity contribution in [2.75, 3.05) is 59.5 Å². The van der Waals surface area contributed by atoms with Gasteiger partial charge in [-0.2, -0.15) is 0 Å². The van der Waals surface area contributed by atoms with Crippen molar-refractivity contribution in [3.63, 3.8) is 0 Å². The lowest BCUT2D eigenvalue weighted by Gasteiger charge is -2.28. The van der Waals surface area contributed by atoms with E-state index < -0.39 is 0 Å². The van der Waals surface area contributed by atoms with E-state index in [-0.39, 0.29) is 0 Å². The quantitative estimate of drug-likeness (QED) is 0.215. The Hall–Kier alpha value is -0.320. The molecule has 0 amide bonds. The van der Waals surface area contributed by atoms with Crippen LogP contribution in [0, 0.1) is 0 Å². The standard InChI is InChI=1S/C14H26O4.C12H20O4/c1-2-3-4-5-12(16-10-14-11-18-14)6-7-15-8-13-9-17-13;1-2-10(14-6-12-8-16-12)4-3-9(1)13-5-11-7-15-11/h12-14H,2-11H2,1H3;9-12H,1-8H2. The lowest BCUT2D eigenvalue weighted by atomic mass is 9.95. The first-order valence-electron chi connectivity index (χ1n) is 13.7. The molecule has 0 aromatic carbocycles. The Balaban J connectivity index is 0.000000162. The van der Waals surface area contributed by atoms with Crippen LogP contribution in [0.4, 0.5) is 0 Å². The van der Waals surface area contributed by atoms with Gasteiger partial charge >= 0.3 is 0 Å². The minimum atomic E-state index is 0.334. The van der Waals surface area contributed by atoms with Gasteiger partial charge in [0.1, 0.15) is 24.4 Å². The van der Waals surface area contributed by atoms with Gasteiger partial charge in [-0.3, -0.25) is 0 Å². The Bertz CT molecular complexity index is 501. The van der Waals surface area contributed by atoms with Crippen LogP contribution >= 0.6 is 0 Å². The highest BCUT2D eigenvalue weighted by Gasteiger charge is 2.29. The molecule has 0 bridgehead atoms. The molecule has 0 radical (unpaired) electrons. The number of epoxide rings is 4. The van der Waals surface area contributed by atoms with E-state index in [4.69, 9.17) is 37.9 Å². The van der Waals surface area contributed by atoms with Crippen LogP contribution < -0.4 is 0 Å². The Morgan fingerprint density at radius 3 is 1.65 bits per heavy atom. The highest BCUT2D eigenvalue weighted by molar-refractivity contribution is 4.77. The van der Waals surface area contributed by atoms with Crippen molar-refractivity contribution in [1.29, 1.82) is 0 Å². The summed E-state index contributed by atoms with van der Waals surface area (Å²) < 4.78 is 43.6. The van der Waals surface area contributed by atoms with Crippen LogP contribution in [0.3, 0.4) is 0 Å². The zero-order valence-corrected chi connectivity index (χ0v) is 21.0. The molecule has 5 aliphatic rings. The van der Waals surface area contributed by atoms with Crippen LogP contribution in [0.1, 0.15) is 64.7 Å². The molecular formula is C26H46O8. The van der Waals surface area contributed by atoms with Crippen LogP contribution in [-0.2, 0) is 37.9 Å². The van der Waals surface area contributed by atoms with Gasteiger partial charge in [-0.05, 0) is 38.5 Å². The zero-order valence-electron chi connectivity index (χ0n) is 21.0. The fraction of sp³-hybridized carbons (Fsp3) is 1.00. The van der Waals surface area contributed by atoms with E-state index in [0.717, 1.165) is 98.0 Å². The van der Waals surface area contributed by atoms with Gasteiger partial charge in [-0.15, -0.1) is 0 Å². The second kappa shape index (κ2) is 15.1. The number of hydrogen-bond acceptors (Lipinski definition) is 8. The molecule has 4 aliphatic heterocycles. The fourth-order valence-electron chi connectivity index (χ4n) is 4.12. The molecule has 1 aliphatic carbocycles. The number of unbranched alkanes of at least 4 members (excludes halogenated alkanes) is 2. The Morgan fingerprint density at radius 1 is 0.647 bits per heavy atom. The van der Waals surface area contributed by atoms with Gasteiger partial charge in [0.25, 0.3) is 0 Å². The van der Waals surface area contributed by atoms with Crippen molar-refractivity contribution >= 4 is 0 Å². The maximum Gasteiger partial charge on any atom is 0.104 e. The van der Waals surface area contributed by atoms with Gasteiger partial charge in [-0.1, -0.05) is 26.2 Å². The minimum absolute atomic E-state index is 0.334. The number of ether oxygens (including phenoxy) is 8. The summed E-state index contributed by atoms with van der Waals surface area (Å²) in [5.74, 6) is 0. The molecule has 8 nitrogen and oxygen atoms in total. The second-order valence-corrected chi connectivity index (χ2v) is 10.2. The molecule has 0 spiro atoms. The van der Waals surface area contributed by atoms with Gasteiger partial charge < -0.3 is 37.9 Å². The summed E-state index contributed by atoms with van der Waals surface area (Å²) in [6.45, 7) is 9.59. The summed E-state index contributed by atoms with van der Waals surface area (Å²) in [6.07, 6.45) is 13.1. The average molecular weight is 487 g/mol. The van der Waals surface area contributed by atoms with Gasteiger partial charge in [-0.25, -0.2) is 0 Å². The van der Waals surface area contributed by atoms with Crippen LogP contribution in [0.15, 0.2) is 0 Å². The molecule has 5 fully saturated rings. The average Bonchev–Trinajstić information content (AvgIpc) is 3.70. The molecule has 5 rings (SSSR count). The molecule has 0 aromatic rings. The van der Waals surface area contributed by atoms with Crippen LogP contribution in [0.2, 0.25) is 0 Å². The highest BCUT2D eigenvalue weighted by atomic mass is 16.6. The van der Waals surface area contributed by atoms with E-state index in [9.17, 15) is 0 Å². The van der Waals surface area contributed by atoms with E-state index in [1.807, 2.05) is 0 Å². The van der Waals surface area contributed by atoms with Crippen molar-refractivity contribution in [1.82, 2.24) is 0 Å². The summed E-state index contributed by atoms with van der Waals surface area (Å²) >= 11 is 0. The second-order valence-electron chi connectivity index (χ2n) is 10.2. The third kappa shape index (κ3) is 12.6. The lowest BCUT2D eigenvalue weighted by molar-refractivity contribution is -0.0370. The summed E-state index contributed by atoms with van der Waals surface area (Å²) in [7, 11) is 0. The fourth-order valence-corrected chi connectivity index (χ4v) is 4.12. The Kier molecular flexibility index (Phi) is 11.8. The zero-order chi connectivity index (χ0) is 23.4. The predicted octanol–water partition coefficient (Wildman–Crippen LogP) is 3.28. The first kappa shape index (κ1) is 26.7. The molecule has 198 valence electrons. The SMILES string of the molecule is C1CC(OCC2CO2)CCC1OCC1CO1.CCCCCC(CCOCC1CO1)OCC1CO1. The maximum absolute atomic E-state index is 5.90. The molecular weight excluding hydrogens is 440 g/mol. The highest BCUT2D eigenvalue weighted by Crippen LogP contribution is 2.25. The van der Waals surface area contributed by atoms with E-state index >= 15 is 0 Å². The van der Waals surface area contributed by atoms with Gasteiger partial charge in [0.2, 0.25) is 0 Å². The molecule has 8 heteroatoms. The monoisotopic (exact) mass is 486 g/mol. The van der Waals surface area contributed by atoms with E-state index in [1.54, 1.807) is 0 Å². The molecule has 4 saturated heterocycles. The van der Waals surface area contributed by atoms with Gasteiger partial charge in [0, 0.05) is 6.61 Å². The Labute approximate surface area is 205 Å². The lowest BCUT2D eigenvalue weighted by Crippen LogP contribution is -2.28. The minimum Gasteiger partial charge on any atom is -0.379 e. The maximum atomic E-state index is 5.90. The molecule has 4 heterocycles. The van der Waals surface area contributed by atoms with E-state index in [2.05, 4.69) is 6.92 Å². The first-order chi connectivity index (χ1) is 16.8. The van der Waals surface area contributed by atoms with Gasteiger partial charge in [0.05, 0.1) is 71.2 Å². The van der Waals surface area contributed by atoms with Gasteiger partial charge in [0.15, 0.2) is 0 Å². The topological polar surface area (TPSA) is 87.0 Å². The largest absolute Gasteiger partial charge is 0.379 e. The summed E-state index contributed by atoms with van der Waals surface area (Å²) in [6, 6.07) is 0. The summed E-state index contributed by atoms with van der Waals surface area (Å²) in [4.78, 5) is 0. The van der Waals surface area contributed by atoms with Crippen LogP contribution in [0.25, 0.3) is 0 Å². The van der Waals surface area contributed by atoms with Crippen LogP contribution in [0.5, 0.6) is 0 Å². The van der Waals surface area contributed by atoms with Crippen molar-refractivity contribution < 1.29 is 37.9 Å². The molecule has 5 unspecified atom stereocenters.